The molecule has 1 aromatic carbocycles. The summed E-state index contributed by atoms with van der Waals surface area (Å²) >= 11 is 0. The number of anilines is 1. The third kappa shape index (κ3) is 2.89. The van der Waals surface area contributed by atoms with E-state index in [-0.39, 0.29) is 11.3 Å². The second kappa shape index (κ2) is 4.24. The number of rotatable bonds is 0. The first-order valence-electron chi connectivity index (χ1n) is 4.01. The molecule has 0 heterocycles. The summed E-state index contributed by atoms with van der Waals surface area (Å²) in [4.78, 5) is 0. The van der Waals surface area contributed by atoms with Crippen LogP contribution in [0.15, 0.2) is 18.2 Å². The molecule has 15 heavy (non-hydrogen) atoms. The Labute approximate surface area is 84.5 Å². The van der Waals surface area contributed by atoms with Crippen LogP contribution in [-0.4, -0.2) is 11.7 Å². The summed E-state index contributed by atoms with van der Waals surface area (Å²) in [6.07, 6.45) is -4.47. The molecule has 5 heteroatoms. The van der Waals surface area contributed by atoms with Crippen LogP contribution in [0.2, 0.25) is 0 Å². The van der Waals surface area contributed by atoms with Gasteiger partial charge in [0, 0.05) is 11.3 Å². The van der Waals surface area contributed by atoms with E-state index in [1.807, 2.05) is 0 Å². The Morgan fingerprint density at radius 3 is 2.53 bits per heavy atom. The smallest absolute Gasteiger partial charge is 0.399 e. The van der Waals surface area contributed by atoms with Crippen LogP contribution in [0.25, 0.3) is 0 Å². The molecule has 0 saturated carbocycles. The van der Waals surface area contributed by atoms with Crippen LogP contribution in [0, 0.1) is 11.8 Å². The predicted molar refractivity (Wildman–Crippen MR) is 49.8 cm³/mol. The third-order valence-corrected chi connectivity index (χ3v) is 1.65. The number of alkyl halides is 3. The van der Waals surface area contributed by atoms with E-state index in [0.717, 1.165) is 18.2 Å². The van der Waals surface area contributed by atoms with Crippen molar-refractivity contribution in [3.63, 3.8) is 0 Å². The average molecular weight is 215 g/mol. The van der Waals surface area contributed by atoms with Crippen molar-refractivity contribution in [2.45, 2.75) is 6.18 Å². The Balaban J connectivity index is 3.27. The second-order valence-corrected chi connectivity index (χ2v) is 2.76. The Bertz CT molecular complexity index is 415. The number of benzene rings is 1. The number of hydrogen-bond donors (Lipinski definition) is 2. The van der Waals surface area contributed by atoms with Crippen LogP contribution in [0.3, 0.4) is 0 Å². The van der Waals surface area contributed by atoms with Crippen LogP contribution in [0.4, 0.5) is 18.9 Å². The number of hydrogen-bond acceptors (Lipinski definition) is 2. The topological polar surface area (TPSA) is 46.2 Å². The predicted octanol–water partition coefficient (Wildman–Crippen LogP) is 1.63. The molecule has 0 spiro atoms. The molecule has 0 fully saturated rings. The molecule has 0 aliphatic carbocycles. The number of aliphatic hydroxyl groups is 1. The summed E-state index contributed by atoms with van der Waals surface area (Å²) in [6.45, 7) is -0.494. The van der Waals surface area contributed by atoms with Crippen molar-refractivity contribution in [3.05, 3.63) is 29.3 Å². The lowest BCUT2D eigenvalue weighted by molar-refractivity contribution is -0.137. The lowest BCUT2D eigenvalue weighted by atomic mass is 10.1. The fourth-order valence-corrected chi connectivity index (χ4v) is 1.05. The Morgan fingerprint density at radius 1 is 1.33 bits per heavy atom. The lowest BCUT2D eigenvalue weighted by Crippen LogP contribution is -2.08. The number of aliphatic hydroxyl groups excluding tert-OH is 1. The first-order valence-corrected chi connectivity index (χ1v) is 4.01. The van der Waals surface area contributed by atoms with Crippen molar-refractivity contribution < 1.29 is 18.3 Å². The van der Waals surface area contributed by atoms with E-state index in [4.69, 9.17) is 10.8 Å². The summed E-state index contributed by atoms with van der Waals surface area (Å²) in [5.74, 6) is 4.36. The molecule has 0 aromatic heterocycles. The minimum Gasteiger partial charge on any atom is -0.399 e. The van der Waals surface area contributed by atoms with Gasteiger partial charge in [0.25, 0.3) is 0 Å². The third-order valence-electron chi connectivity index (χ3n) is 1.65. The van der Waals surface area contributed by atoms with Gasteiger partial charge in [-0.2, -0.15) is 13.2 Å². The van der Waals surface area contributed by atoms with Gasteiger partial charge in [-0.05, 0) is 18.2 Å². The molecule has 1 rings (SSSR count). The number of nitrogen functional groups attached to an aromatic ring is 1. The summed E-state index contributed by atoms with van der Waals surface area (Å²) in [5, 5.41) is 8.40. The Hall–Kier alpha value is -1.67. The molecule has 0 saturated heterocycles. The first kappa shape index (κ1) is 11.4. The van der Waals surface area contributed by atoms with Crippen molar-refractivity contribution in [1.29, 1.82) is 0 Å². The van der Waals surface area contributed by atoms with Gasteiger partial charge in [-0.3, -0.25) is 0 Å². The lowest BCUT2D eigenvalue weighted by Gasteiger charge is -2.09. The van der Waals surface area contributed by atoms with Crippen LogP contribution < -0.4 is 5.73 Å². The standard InChI is InChI=1S/C10H8F3NO/c11-10(12,13)9-4-3-8(14)6-7(9)2-1-5-15/h3-4,6,15H,5,14H2. The molecular formula is C10H8F3NO. The molecule has 0 amide bonds. The zero-order chi connectivity index (χ0) is 11.5. The summed E-state index contributed by atoms with van der Waals surface area (Å²) in [6, 6.07) is 3.16. The van der Waals surface area contributed by atoms with E-state index in [2.05, 4.69) is 11.8 Å². The summed E-state index contributed by atoms with van der Waals surface area (Å²) in [5.41, 5.74) is 4.47. The van der Waals surface area contributed by atoms with Gasteiger partial charge in [0.2, 0.25) is 0 Å². The van der Waals surface area contributed by atoms with Crippen molar-refractivity contribution in [2.24, 2.45) is 0 Å². The average Bonchev–Trinajstić information content (AvgIpc) is 2.12. The van der Waals surface area contributed by atoms with E-state index < -0.39 is 18.3 Å². The largest absolute Gasteiger partial charge is 0.417 e. The van der Waals surface area contributed by atoms with Gasteiger partial charge < -0.3 is 10.8 Å². The maximum absolute atomic E-state index is 12.4. The highest BCUT2D eigenvalue weighted by Crippen LogP contribution is 2.32. The van der Waals surface area contributed by atoms with Gasteiger partial charge >= 0.3 is 6.18 Å². The van der Waals surface area contributed by atoms with Crippen LogP contribution in [0.1, 0.15) is 11.1 Å². The monoisotopic (exact) mass is 215 g/mol. The summed E-state index contributed by atoms with van der Waals surface area (Å²) < 4.78 is 37.3. The zero-order valence-corrected chi connectivity index (χ0v) is 7.60. The zero-order valence-electron chi connectivity index (χ0n) is 7.60. The molecule has 0 aliphatic heterocycles. The van der Waals surface area contributed by atoms with Crippen molar-refractivity contribution in [3.8, 4) is 11.8 Å². The number of halogens is 3. The highest BCUT2D eigenvalue weighted by atomic mass is 19.4. The quantitative estimate of drug-likeness (QED) is 0.510. The molecule has 0 aliphatic rings. The van der Waals surface area contributed by atoms with Crippen LogP contribution >= 0.6 is 0 Å². The normalized spacial score (nSPS) is 10.7. The van der Waals surface area contributed by atoms with Crippen molar-refractivity contribution in [1.82, 2.24) is 0 Å². The molecule has 3 N–H and O–H groups in total. The SMILES string of the molecule is Nc1ccc(C(F)(F)F)c(C#CCO)c1. The molecule has 0 unspecified atom stereocenters. The Kier molecular flexibility index (Phi) is 3.22. The van der Waals surface area contributed by atoms with Gasteiger partial charge in [-0.15, -0.1) is 0 Å². The fraction of sp³-hybridized carbons (Fsp3) is 0.200. The van der Waals surface area contributed by atoms with Gasteiger partial charge in [-0.25, -0.2) is 0 Å². The maximum Gasteiger partial charge on any atom is 0.417 e. The second-order valence-electron chi connectivity index (χ2n) is 2.76. The van der Waals surface area contributed by atoms with Gasteiger partial charge in [-0.1, -0.05) is 11.8 Å². The highest BCUT2D eigenvalue weighted by Gasteiger charge is 2.32. The number of nitrogens with two attached hydrogens (primary N) is 1. The van der Waals surface area contributed by atoms with Crippen molar-refractivity contribution >= 4 is 5.69 Å². The molecular weight excluding hydrogens is 207 g/mol. The molecule has 0 radical (unpaired) electrons. The van der Waals surface area contributed by atoms with E-state index in [1.54, 1.807) is 0 Å². The fourth-order valence-electron chi connectivity index (χ4n) is 1.05. The van der Waals surface area contributed by atoms with Crippen LogP contribution in [0.5, 0.6) is 0 Å². The minimum atomic E-state index is -4.47. The Morgan fingerprint density at radius 2 is 2.00 bits per heavy atom. The van der Waals surface area contributed by atoms with E-state index >= 15 is 0 Å². The van der Waals surface area contributed by atoms with Crippen molar-refractivity contribution in [2.75, 3.05) is 12.3 Å². The molecule has 80 valence electrons. The first-order chi connectivity index (χ1) is 6.95. The van der Waals surface area contributed by atoms with E-state index in [9.17, 15) is 13.2 Å². The van der Waals surface area contributed by atoms with Gasteiger partial charge in [0.1, 0.15) is 6.61 Å². The van der Waals surface area contributed by atoms with Gasteiger partial charge in [0.15, 0.2) is 0 Å². The molecule has 0 atom stereocenters. The van der Waals surface area contributed by atoms with E-state index in [1.165, 1.54) is 0 Å². The van der Waals surface area contributed by atoms with E-state index in [0.29, 0.717) is 0 Å². The van der Waals surface area contributed by atoms with Crippen LogP contribution in [-0.2, 0) is 6.18 Å². The minimum absolute atomic E-state index is 0.199. The highest BCUT2D eigenvalue weighted by molar-refractivity contribution is 5.52. The van der Waals surface area contributed by atoms with Gasteiger partial charge in [0.05, 0.1) is 5.56 Å². The summed E-state index contributed by atoms with van der Waals surface area (Å²) in [7, 11) is 0. The maximum atomic E-state index is 12.4. The molecule has 1 aromatic rings. The molecule has 0 bridgehead atoms. The molecule has 2 nitrogen and oxygen atoms in total.